The third-order valence-corrected chi connectivity index (χ3v) is 11.4. The van der Waals surface area contributed by atoms with Gasteiger partial charge in [0.05, 0.1) is 0 Å². The smallest absolute Gasteiger partial charge is 0.0468 e. The quantitative estimate of drug-likeness (QED) is 0.132. The fourth-order valence-corrected chi connectivity index (χ4v) is 9.05. The normalized spacial score (nSPS) is 12.9. The van der Waals surface area contributed by atoms with Crippen LogP contribution in [0, 0.1) is 0 Å². The van der Waals surface area contributed by atoms with Crippen molar-refractivity contribution in [1.82, 2.24) is 0 Å². The van der Waals surface area contributed by atoms with Crippen LogP contribution in [0.4, 0.5) is 17.1 Å². The standard InChI is InChI=1S/C48H33NS/c1-2-12-38(13-3-1)49(40-29-25-34-26-30-45-48(43(34)31-40)42-15-6-7-16-44(42)50-45)39-27-18-32(19-28-39)17-20-35-10-8-11-36-23-24-37-22-21-33-9-4-5-14-41(33)47(37)46(35)36/h1-4,6-13,15-31H,5,14H2. The van der Waals surface area contributed by atoms with Crippen LogP contribution in [-0.2, 0) is 6.42 Å². The second kappa shape index (κ2) is 11.9. The van der Waals surface area contributed by atoms with E-state index in [2.05, 4.69) is 181 Å². The monoisotopic (exact) mass is 655 g/mol. The van der Waals surface area contributed by atoms with Gasteiger partial charge in [0.2, 0.25) is 0 Å². The molecule has 0 saturated carbocycles. The van der Waals surface area contributed by atoms with Crippen molar-refractivity contribution in [3.63, 3.8) is 0 Å². The van der Waals surface area contributed by atoms with Gasteiger partial charge in [-0.3, -0.25) is 0 Å². The number of benzene rings is 8. The van der Waals surface area contributed by atoms with Crippen LogP contribution in [0.25, 0.3) is 70.7 Å². The molecule has 0 bridgehead atoms. The third-order valence-electron chi connectivity index (χ3n) is 10.3. The van der Waals surface area contributed by atoms with Crippen LogP contribution in [-0.4, -0.2) is 0 Å². The number of hydrogen-bond donors (Lipinski definition) is 0. The maximum atomic E-state index is 2.37. The van der Waals surface area contributed by atoms with E-state index in [1.165, 1.54) is 74.7 Å². The first-order chi connectivity index (χ1) is 24.8. The van der Waals surface area contributed by atoms with Crippen molar-refractivity contribution in [1.29, 1.82) is 0 Å². The van der Waals surface area contributed by atoms with Crippen molar-refractivity contribution >= 4 is 99.1 Å². The highest BCUT2D eigenvalue weighted by molar-refractivity contribution is 7.26. The maximum absolute atomic E-state index is 2.37. The Morgan fingerprint density at radius 1 is 0.500 bits per heavy atom. The highest BCUT2D eigenvalue weighted by Crippen LogP contribution is 2.42. The van der Waals surface area contributed by atoms with E-state index in [0.717, 1.165) is 29.9 Å². The fraction of sp³-hybridized carbons (Fsp3) is 0.0417. The minimum absolute atomic E-state index is 1.09. The lowest BCUT2D eigenvalue weighted by molar-refractivity contribution is 0.998. The first kappa shape index (κ1) is 29.0. The number of fused-ring (bicyclic) bond motifs is 10. The molecule has 8 aromatic carbocycles. The van der Waals surface area contributed by atoms with Crippen molar-refractivity contribution in [2.75, 3.05) is 4.90 Å². The summed E-state index contributed by atoms with van der Waals surface area (Å²) in [6, 6.07) is 55.7. The zero-order chi connectivity index (χ0) is 33.0. The maximum Gasteiger partial charge on any atom is 0.0468 e. The molecule has 0 fully saturated rings. The first-order valence-electron chi connectivity index (χ1n) is 17.4. The number of aryl methyl sites for hydroxylation is 1. The van der Waals surface area contributed by atoms with E-state index in [0.29, 0.717) is 0 Å². The van der Waals surface area contributed by atoms with Crippen molar-refractivity contribution in [2.45, 2.75) is 12.8 Å². The molecule has 9 aromatic rings. The molecule has 1 nitrogen and oxygen atoms in total. The number of thiophene rings is 1. The summed E-state index contributed by atoms with van der Waals surface area (Å²) in [4.78, 5) is 2.37. The Bertz CT molecular complexity index is 2800. The predicted molar refractivity (Wildman–Crippen MR) is 219 cm³/mol. The van der Waals surface area contributed by atoms with E-state index in [-0.39, 0.29) is 0 Å². The van der Waals surface area contributed by atoms with E-state index in [1.54, 1.807) is 0 Å². The van der Waals surface area contributed by atoms with Crippen molar-refractivity contribution < 1.29 is 0 Å². The molecular weight excluding hydrogens is 623 g/mol. The molecule has 1 aliphatic rings. The summed E-state index contributed by atoms with van der Waals surface area (Å²) in [6.45, 7) is 0. The second-order valence-electron chi connectivity index (χ2n) is 13.2. The molecule has 2 heteroatoms. The first-order valence-corrected chi connectivity index (χ1v) is 18.2. The molecule has 0 N–H and O–H groups in total. The highest BCUT2D eigenvalue weighted by atomic mass is 32.1. The van der Waals surface area contributed by atoms with Gasteiger partial charge in [-0.2, -0.15) is 0 Å². The van der Waals surface area contributed by atoms with E-state index < -0.39 is 0 Å². The molecule has 0 aliphatic heterocycles. The van der Waals surface area contributed by atoms with Crippen molar-refractivity contribution in [3.05, 3.63) is 180 Å². The van der Waals surface area contributed by atoms with E-state index in [4.69, 9.17) is 0 Å². The van der Waals surface area contributed by atoms with E-state index in [1.807, 2.05) is 11.3 Å². The number of rotatable bonds is 5. The lowest BCUT2D eigenvalue weighted by Crippen LogP contribution is -2.09. The number of para-hydroxylation sites is 1. The largest absolute Gasteiger partial charge is 0.310 e. The summed E-state index contributed by atoms with van der Waals surface area (Å²) in [5.41, 5.74) is 8.68. The number of anilines is 3. The molecule has 0 amide bonds. The Morgan fingerprint density at radius 2 is 1.24 bits per heavy atom. The molecule has 0 atom stereocenters. The van der Waals surface area contributed by atoms with Gasteiger partial charge in [0.25, 0.3) is 0 Å². The molecule has 0 radical (unpaired) electrons. The summed E-state index contributed by atoms with van der Waals surface area (Å²) in [5.74, 6) is 0. The summed E-state index contributed by atoms with van der Waals surface area (Å²) in [7, 11) is 0. The fourth-order valence-electron chi connectivity index (χ4n) is 7.93. The van der Waals surface area contributed by atoms with Gasteiger partial charge in [-0.25, -0.2) is 0 Å². The minimum Gasteiger partial charge on any atom is -0.310 e. The van der Waals surface area contributed by atoms with Crippen LogP contribution in [0.1, 0.15) is 28.7 Å². The molecule has 1 aromatic heterocycles. The van der Waals surface area contributed by atoms with Crippen LogP contribution in [0.15, 0.2) is 158 Å². The summed E-state index contributed by atoms with van der Waals surface area (Å²) in [5, 5.41) is 10.6. The molecule has 0 saturated heterocycles. The topological polar surface area (TPSA) is 3.24 Å². The lowest BCUT2D eigenvalue weighted by atomic mass is 9.87. The SMILES string of the molecule is C1=Cc2ccc3ccc4cccc(C=Cc5ccc(N(c6ccccc6)c6ccc7ccc8sc9ccccc9c8c7c6)cc5)c4c3c2CC1. The van der Waals surface area contributed by atoms with Crippen molar-refractivity contribution in [3.8, 4) is 0 Å². The van der Waals surface area contributed by atoms with E-state index >= 15 is 0 Å². The highest BCUT2D eigenvalue weighted by Gasteiger charge is 2.16. The minimum atomic E-state index is 1.09. The Kier molecular flexibility index (Phi) is 6.89. The van der Waals surface area contributed by atoms with Gasteiger partial charge in [-0.05, 0) is 116 Å². The molecule has 1 heterocycles. The van der Waals surface area contributed by atoms with Gasteiger partial charge in [0.1, 0.15) is 0 Å². The van der Waals surface area contributed by atoms with Crippen LogP contribution < -0.4 is 4.90 Å². The molecule has 10 rings (SSSR count). The van der Waals surface area contributed by atoms with Crippen LogP contribution in [0.5, 0.6) is 0 Å². The summed E-state index contributed by atoms with van der Waals surface area (Å²) >= 11 is 1.87. The zero-order valence-electron chi connectivity index (χ0n) is 27.5. The van der Waals surface area contributed by atoms with Gasteiger partial charge in [0.15, 0.2) is 0 Å². The molecular formula is C48H33NS. The Labute approximate surface area is 295 Å². The Balaban J connectivity index is 1.06. The Morgan fingerprint density at radius 3 is 2.14 bits per heavy atom. The molecule has 1 aliphatic carbocycles. The van der Waals surface area contributed by atoms with Crippen LogP contribution >= 0.6 is 11.3 Å². The lowest BCUT2D eigenvalue weighted by Gasteiger charge is -2.26. The molecule has 236 valence electrons. The predicted octanol–water partition coefficient (Wildman–Crippen LogP) is 14.1. The van der Waals surface area contributed by atoms with Crippen LogP contribution in [0.2, 0.25) is 0 Å². The second-order valence-corrected chi connectivity index (χ2v) is 14.3. The molecule has 50 heavy (non-hydrogen) atoms. The Hall–Kier alpha value is -5.96. The average Bonchev–Trinajstić information content (AvgIpc) is 3.57. The van der Waals surface area contributed by atoms with Gasteiger partial charge in [-0.15, -0.1) is 11.3 Å². The number of nitrogens with zero attached hydrogens (tertiary/aromatic N) is 1. The zero-order valence-corrected chi connectivity index (χ0v) is 28.3. The van der Waals surface area contributed by atoms with Gasteiger partial charge in [-0.1, -0.05) is 127 Å². The van der Waals surface area contributed by atoms with E-state index in [9.17, 15) is 0 Å². The van der Waals surface area contributed by atoms with Gasteiger partial charge < -0.3 is 4.90 Å². The number of allylic oxidation sites excluding steroid dienone is 1. The third kappa shape index (κ3) is 4.83. The van der Waals surface area contributed by atoms with Crippen LogP contribution in [0.3, 0.4) is 0 Å². The summed E-state index contributed by atoms with van der Waals surface area (Å²) in [6.07, 6.45) is 11.3. The number of hydrogen-bond acceptors (Lipinski definition) is 2. The van der Waals surface area contributed by atoms with Gasteiger partial charge in [0, 0.05) is 37.2 Å². The average molecular weight is 656 g/mol. The molecule has 0 spiro atoms. The van der Waals surface area contributed by atoms with Crippen molar-refractivity contribution in [2.24, 2.45) is 0 Å². The summed E-state index contributed by atoms with van der Waals surface area (Å²) < 4.78 is 2.66. The molecule has 0 unspecified atom stereocenters. The van der Waals surface area contributed by atoms with Gasteiger partial charge >= 0.3 is 0 Å².